The monoisotopic (exact) mass is 393 g/mol. The fraction of sp³-hybridized carbons (Fsp3) is 0.0476. The first kappa shape index (κ1) is 17.5. The van der Waals surface area contributed by atoms with Crippen LogP contribution in [0.2, 0.25) is 5.02 Å². The number of nitrogens with zero attached hydrogens (tertiary/aromatic N) is 3. The van der Waals surface area contributed by atoms with E-state index in [1.807, 2.05) is 60.0 Å². The number of phenolic OH excluding ortho intramolecular Hbond substituents is 1. The number of hydrogen-bond donors (Lipinski definition) is 1. The van der Waals surface area contributed by atoms with Crippen molar-refractivity contribution in [2.24, 2.45) is 10.1 Å². The molecule has 0 radical (unpaired) electrons. The van der Waals surface area contributed by atoms with Gasteiger partial charge in [0.1, 0.15) is 5.75 Å². The summed E-state index contributed by atoms with van der Waals surface area (Å²) in [4.78, 5) is 5.06. The molecule has 0 unspecified atom stereocenters. The number of phenols is 1. The van der Waals surface area contributed by atoms with Crippen LogP contribution >= 0.6 is 22.9 Å². The van der Waals surface area contributed by atoms with Gasteiger partial charge in [0, 0.05) is 28.6 Å². The molecular formula is C21H16ClN3OS. The van der Waals surface area contributed by atoms with Crippen LogP contribution in [0.5, 0.6) is 5.75 Å². The number of rotatable bonds is 3. The average molecular weight is 394 g/mol. The van der Waals surface area contributed by atoms with E-state index in [2.05, 4.69) is 10.1 Å². The van der Waals surface area contributed by atoms with Gasteiger partial charge in [0.2, 0.25) is 4.80 Å². The predicted molar refractivity (Wildman–Crippen MR) is 113 cm³/mol. The van der Waals surface area contributed by atoms with E-state index in [0.717, 1.165) is 26.8 Å². The van der Waals surface area contributed by atoms with Crippen LogP contribution < -0.4 is 4.80 Å². The third-order valence-corrected chi connectivity index (χ3v) is 5.39. The van der Waals surface area contributed by atoms with E-state index in [0.29, 0.717) is 10.6 Å². The van der Waals surface area contributed by atoms with Crippen molar-refractivity contribution in [2.75, 3.05) is 7.05 Å². The highest BCUT2D eigenvalue weighted by Crippen LogP contribution is 2.26. The first-order valence-electron chi connectivity index (χ1n) is 8.32. The van der Waals surface area contributed by atoms with Crippen LogP contribution in [0.25, 0.3) is 22.0 Å². The van der Waals surface area contributed by atoms with Crippen LogP contribution in [0.1, 0.15) is 5.56 Å². The first-order valence-corrected chi connectivity index (χ1v) is 9.57. The molecule has 0 aliphatic heterocycles. The number of aromatic hydroxyl groups is 1. The summed E-state index contributed by atoms with van der Waals surface area (Å²) in [6, 6.07) is 19.1. The second-order valence-electron chi connectivity index (χ2n) is 5.91. The minimum absolute atomic E-state index is 0.188. The summed E-state index contributed by atoms with van der Waals surface area (Å²) in [5.41, 5.74) is 2.51. The number of fused-ring (bicyclic) bond motifs is 1. The molecule has 0 spiro atoms. The molecule has 0 aliphatic carbocycles. The van der Waals surface area contributed by atoms with Crippen molar-refractivity contribution in [3.8, 4) is 17.0 Å². The molecule has 0 amide bonds. The molecule has 0 atom stereocenters. The molecule has 0 saturated carbocycles. The van der Waals surface area contributed by atoms with Gasteiger partial charge < -0.3 is 5.11 Å². The van der Waals surface area contributed by atoms with Crippen molar-refractivity contribution < 1.29 is 5.11 Å². The van der Waals surface area contributed by atoms with Crippen LogP contribution in [0.15, 0.2) is 76.1 Å². The van der Waals surface area contributed by atoms with E-state index < -0.39 is 0 Å². The van der Waals surface area contributed by atoms with Gasteiger partial charge in [-0.1, -0.05) is 54.1 Å². The topological polar surface area (TPSA) is 49.9 Å². The number of halogens is 1. The minimum Gasteiger partial charge on any atom is -0.507 e. The molecule has 3 aromatic carbocycles. The largest absolute Gasteiger partial charge is 0.507 e. The fourth-order valence-electron chi connectivity index (χ4n) is 2.94. The highest BCUT2D eigenvalue weighted by Gasteiger charge is 2.09. The Kier molecular flexibility index (Phi) is 4.79. The molecule has 6 heteroatoms. The third kappa shape index (κ3) is 3.39. The Morgan fingerprint density at radius 3 is 2.74 bits per heavy atom. The minimum atomic E-state index is 0.188. The van der Waals surface area contributed by atoms with Gasteiger partial charge in [-0.3, -0.25) is 4.99 Å². The molecule has 0 saturated heterocycles. The van der Waals surface area contributed by atoms with Gasteiger partial charge in [0.25, 0.3) is 0 Å². The van der Waals surface area contributed by atoms with Gasteiger partial charge in [-0.2, -0.15) is 5.10 Å². The third-order valence-electron chi connectivity index (χ3n) is 4.25. The summed E-state index contributed by atoms with van der Waals surface area (Å²) in [5.74, 6) is 0.188. The average Bonchev–Trinajstić information content (AvgIpc) is 3.10. The van der Waals surface area contributed by atoms with E-state index in [-0.39, 0.29) is 5.75 Å². The highest BCUT2D eigenvalue weighted by atomic mass is 35.5. The number of aromatic nitrogens is 1. The second kappa shape index (κ2) is 7.39. The standard InChI is InChI=1S/C21H16ClN3OS/c1-23-21-25(19(13-27-21)15-6-4-7-16(22)11-15)24-12-18-17-8-3-2-5-14(17)9-10-20(18)26/h2-13,26H,1H3. The van der Waals surface area contributed by atoms with Crippen LogP contribution in [0, 0.1) is 0 Å². The summed E-state index contributed by atoms with van der Waals surface area (Å²) >= 11 is 7.64. The van der Waals surface area contributed by atoms with Crippen molar-refractivity contribution in [1.29, 1.82) is 0 Å². The molecule has 0 fully saturated rings. The molecule has 1 heterocycles. The summed E-state index contributed by atoms with van der Waals surface area (Å²) < 4.78 is 1.76. The van der Waals surface area contributed by atoms with Crippen molar-refractivity contribution in [2.45, 2.75) is 0 Å². The van der Waals surface area contributed by atoms with E-state index in [1.54, 1.807) is 24.0 Å². The maximum absolute atomic E-state index is 10.3. The molecule has 27 heavy (non-hydrogen) atoms. The van der Waals surface area contributed by atoms with Crippen molar-refractivity contribution >= 4 is 39.9 Å². The predicted octanol–water partition coefficient (Wildman–Crippen LogP) is 5.14. The van der Waals surface area contributed by atoms with Crippen LogP contribution in [0.3, 0.4) is 0 Å². The first-order chi connectivity index (χ1) is 13.2. The molecule has 0 bridgehead atoms. The van der Waals surface area contributed by atoms with Gasteiger partial charge >= 0.3 is 0 Å². The van der Waals surface area contributed by atoms with Gasteiger partial charge in [0.05, 0.1) is 11.9 Å². The summed E-state index contributed by atoms with van der Waals surface area (Å²) in [6.07, 6.45) is 1.67. The lowest BCUT2D eigenvalue weighted by Crippen LogP contribution is -2.11. The van der Waals surface area contributed by atoms with Crippen LogP contribution in [-0.2, 0) is 0 Å². The smallest absolute Gasteiger partial charge is 0.205 e. The molecule has 0 aliphatic rings. The molecule has 4 aromatic rings. The Morgan fingerprint density at radius 1 is 1.07 bits per heavy atom. The Labute approximate surface area is 165 Å². The summed E-state index contributed by atoms with van der Waals surface area (Å²) in [5, 5.41) is 19.6. The lowest BCUT2D eigenvalue weighted by atomic mass is 10.0. The zero-order valence-corrected chi connectivity index (χ0v) is 16.1. The Hall–Kier alpha value is -2.89. The molecule has 4 nitrogen and oxygen atoms in total. The van der Waals surface area contributed by atoms with Crippen molar-refractivity contribution in [3.63, 3.8) is 0 Å². The van der Waals surface area contributed by atoms with Crippen molar-refractivity contribution in [1.82, 2.24) is 4.68 Å². The van der Waals surface area contributed by atoms with Gasteiger partial charge in [0.15, 0.2) is 0 Å². The van der Waals surface area contributed by atoms with Crippen LogP contribution in [-0.4, -0.2) is 23.0 Å². The van der Waals surface area contributed by atoms with Gasteiger partial charge in [-0.25, -0.2) is 4.68 Å². The molecular weight excluding hydrogens is 378 g/mol. The molecule has 134 valence electrons. The SMILES string of the molecule is CN=c1scc(-c2cccc(Cl)c2)n1N=Cc1c(O)ccc2ccccc12. The Bertz CT molecular complexity index is 1220. The van der Waals surface area contributed by atoms with Crippen molar-refractivity contribution in [3.05, 3.63) is 81.4 Å². The van der Waals surface area contributed by atoms with E-state index >= 15 is 0 Å². The molecule has 1 N–H and O–H groups in total. The quantitative estimate of drug-likeness (QED) is 0.481. The zero-order valence-electron chi connectivity index (χ0n) is 14.5. The van der Waals surface area contributed by atoms with E-state index in [9.17, 15) is 5.11 Å². The maximum Gasteiger partial charge on any atom is 0.205 e. The summed E-state index contributed by atoms with van der Waals surface area (Å²) in [7, 11) is 1.73. The maximum atomic E-state index is 10.3. The lowest BCUT2D eigenvalue weighted by Gasteiger charge is -2.06. The van der Waals surface area contributed by atoms with Gasteiger partial charge in [-0.15, -0.1) is 11.3 Å². The Balaban J connectivity index is 1.87. The molecule has 4 rings (SSSR count). The lowest BCUT2D eigenvalue weighted by molar-refractivity contribution is 0.475. The fourth-order valence-corrected chi connectivity index (χ4v) is 3.94. The zero-order chi connectivity index (χ0) is 18.8. The van der Waals surface area contributed by atoms with Gasteiger partial charge in [-0.05, 0) is 29.0 Å². The number of benzene rings is 3. The van der Waals surface area contributed by atoms with E-state index in [4.69, 9.17) is 11.6 Å². The number of hydrogen-bond acceptors (Lipinski definition) is 4. The second-order valence-corrected chi connectivity index (χ2v) is 7.19. The van der Waals surface area contributed by atoms with Crippen LogP contribution in [0.4, 0.5) is 0 Å². The Morgan fingerprint density at radius 2 is 1.93 bits per heavy atom. The summed E-state index contributed by atoms with van der Waals surface area (Å²) in [6.45, 7) is 0. The highest BCUT2D eigenvalue weighted by molar-refractivity contribution is 7.07. The molecule has 1 aromatic heterocycles. The number of thiazole rings is 1. The normalized spacial score (nSPS) is 12.3. The van der Waals surface area contributed by atoms with E-state index in [1.165, 1.54) is 11.3 Å².